The van der Waals surface area contributed by atoms with E-state index in [9.17, 15) is 8.42 Å². The minimum atomic E-state index is -3.45. The summed E-state index contributed by atoms with van der Waals surface area (Å²) in [6.45, 7) is 3.68. The number of para-hydroxylation sites is 1. The third-order valence-corrected chi connectivity index (χ3v) is 6.64. The summed E-state index contributed by atoms with van der Waals surface area (Å²) in [5.74, 6) is 0. The Bertz CT molecular complexity index is 988. The zero-order valence-corrected chi connectivity index (χ0v) is 14.5. The smallest absolute Gasteiger partial charge is 0.243 e. The van der Waals surface area contributed by atoms with Gasteiger partial charge in [0.2, 0.25) is 10.0 Å². The normalized spacial score (nSPS) is 15.5. The molecule has 0 saturated heterocycles. The SMILES string of the molecule is CCc1ccc(S(=O)(=O)N2CCn3c(cc4ccccc43)C2)cc1. The highest BCUT2D eigenvalue weighted by Crippen LogP contribution is 2.27. The molecule has 0 spiro atoms. The molecule has 0 bridgehead atoms. The highest BCUT2D eigenvalue weighted by molar-refractivity contribution is 7.89. The molecule has 0 unspecified atom stereocenters. The fourth-order valence-electron chi connectivity index (χ4n) is 3.39. The lowest BCUT2D eigenvalue weighted by molar-refractivity contribution is 0.345. The monoisotopic (exact) mass is 340 g/mol. The van der Waals surface area contributed by atoms with Crippen molar-refractivity contribution in [1.29, 1.82) is 0 Å². The van der Waals surface area contributed by atoms with E-state index < -0.39 is 10.0 Å². The highest BCUT2D eigenvalue weighted by atomic mass is 32.2. The molecule has 24 heavy (non-hydrogen) atoms. The predicted octanol–water partition coefficient (Wildman–Crippen LogP) is 3.41. The second kappa shape index (κ2) is 5.76. The molecule has 3 aromatic rings. The van der Waals surface area contributed by atoms with E-state index in [1.54, 1.807) is 16.4 Å². The molecule has 2 aromatic carbocycles. The second-order valence-electron chi connectivity index (χ2n) is 6.18. The summed E-state index contributed by atoms with van der Waals surface area (Å²) >= 11 is 0. The molecule has 124 valence electrons. The van der Waals surface area contributed by atoms with E-state index in [1.807, 2.05) is 24.3 Å². The van der Waals surface area contributed by atoms with E-state index >= 15 is 0 Å². The van der Waals surface area contributed by atoms with Crippen LogP contribution in [0.5, 0.6) is 0 Å². The summed E-state index contributed by atoms with van der Waals surface area (Å²) in [7, 11) is -3.45. The Morgan fingerprint density at radius 2 is 1.75 bits per heavy atom. The largest absolute Gasteiger partial charge is 0.342 e. The first-order valence-corrected chi connectivity index (χ1v) is 9.70. The topological polar surface area (TPSA) is 42.3 Å². The average Bonchev–Trinajstić information content (AvgIpc) is 2.99. The Hall–Kier alpha value is -2.11. The quantitative estimate of drug-likeness (QED) is 0.733. The summed E-state index contributed by atoms with van der Waals surface area (Å²) in [4.78, 5) is 0.379. The van der Waals surface area contributed by atoms with Gasteiger partial charge in [-0.15, -0.1) is 0 Å². The van der Waals surface area contributed by atoms with Gasteiger partial charge in [0.05, 0.1) is 11.4 Å². The van der Waals surface area contributed by atoms with E-state index in [-0.39, 0.29) is 0 Å². The van der Waals surface area contributed by atoms with Crippen molar-refractivity contribution in [2.24, 2.45) is 0 Å². The van der Waals surface area contributed by atoms with Crippen molar-refractivity contribution in [1.82, 2.24) is 8.87 Å². The van der Waals surface area contributed by atoms with Gasteiger partial charge in [-0.05, 0) is 41.6 Å². The standard InChI is InChI=1S/C19H20N2O2S/c1-2-15-7-9-18(10-8-15)24(22,23)20-11-12-21-17(14-20)13-16-5-3-4-6-19(16)21/h3-10,13H,2,11-12,14H2,1H3. The Kier molecular flexibility index (Phi) is 3.70. The van der Waals surface area contributed by atoms with Gasteiger partial charge in [0.1, 0.15) is 0 Å². The van der Waals surface area contributed by atoms with Gasteiger partial charge in [0.25, 0.3) is 0 Å². The minimum absolute atomic E-state index is 0.379. The fraction of sp³-hybridized carbons (Fsp3) is 0.263. The predicted molar refractivity (Wildman–Crippen MR) is 95.4 cm³/mol. The van der Waals surface area contributed by atoms with Gasteiger partial charge in [0, 0.05) is 24.3 Å². The van der Waals surface area contributed by atoms with Crippen LogP contribution in [0.4, 0.5) is 0 Å². The Labute approximate surface area is 142 Å². The Morgan fingerprint density at radius 3 is 2.50 bits per heavy atom. The summed E-state index contributed by atoms with van der Waals surface area (Å²) in [5.41, 5.74) is 3.38. The van der Waals surface area contributed by atoms with E-state index in [1.165, 1.54) is 10.9 Å². The van der Waals surface area contributed by atoms with Gasteiger partial charge < -0.3 is 4.57 Å². The first-order valence-electron chi connectivity index (χ1n) is 8.26. The highest BCUT2D eigenvalue weighted by Gasteiger charge is 2.29. The van der Waals surface area contributed by atoms with Crippen molar-refractivity contribution in [3.05, 3.63) is 65.9 Å². The lowest BCUT2D eigenvalue weighted by Crippen LogP contribution is -2.37. The van der Waals surface area contributed by atoms with Crippen molar-refractivity contribution in [2.75, 3.05) is 6.54 Å². The van der Waals surface area contributed by atoms with Crippen molar-refractivity contribution in [3.8, 4) is 0 Å². The molecule has 0 atom stereocenters. The van der Waals surface area contributed by atoms with Gasteiger partial charge >= 0.3 is 0 Å². The Balaban J connectivity index is 1.67. The zero-order valence-electron chi connectivity index (χ0n) is 13.6. The van der Waals surface area contributed by atoms with Crippen molar-refractivity contribution in [2.45, 2.75) is 31.3 Å². The molecule has 0 aliphatic carbocycles. The van der Waals surface area contributed by atoms with E-state index in [2.05, 4.69) is 29.7 Å². The molecule has 4 nitrogen and oxygen atoms in total. The van der Waals surface area contributed by atoms with E-state index in [4.69, 9.17) is 0 Å². The molecular formula is C19H20N2O2S. The van der Waals surface area contributed by atoms with Crippen LogP contribution >= 0.6 is 0 Å². The first-order chi connectivity index (χ1) is 11.6. The van der Waals surface area contributed by atoms with Crippen LogP contribution in [-0.2, 0) is 29.5 Å². The molecule has 1 aliphatic heterocycles. The summed E-state index contributed by atoms with van der Waals surface area (Å²) < 4.78 is 29.7. The molecule has 5 heteroatoms. The van der Waals surface area contributed by atoms with Crippen molar-refractivity contribution >= 4 is 20.9 Å². The number of sulfonamides is 1. The van der Waals surface area contributed by atoms with Crippen LogP contribution < -0.4 is 0 Å². The molecule has 0 saturated carbocycles. The molecule has 2 heterocycles. The number of nitrogens with zero attached hydrogens (tertiary/aromatic N) is 2. The number of aromatic nitrogens is 1. The molecule has 0 fully saturated rings. The van der Waals surface area contributed by atoms with Crippen LogP contribution in [0, 0.1) is 0 Å². The Morgan fingerprint density at radius 1 is 1.00 bits per heavy atom. The fourth-order valence-corrected chi connectivity index (χ4v) is 4.79. The van der Waals surface area contributed by atoms with Crippen LogP contribution in [0.2, 0.25) is 0 Å². The second-order valence-corrected chi connectivity index (χ2v) is 8.12. The molecule has 1 aromatic heterocycles. The average molecular weight is 340 g/mol. The summed E-state index contributed by atoms with van der Waals surface area (Å²) in [6, 6.07) is 17.5. The van der Waals surface area contributed by atoms with Crippen LogP contribution in [0.25, 0.3) is 10.9 Å². The molecule has 0 amide bonds. The summed E-state index contributed by atoms with van der Waals surface area (Å²) in [5, 5.41) is 1.17. The number of fused-ring (bicyclic) bond motifs is 3. The molecular weight excluding hydrogens is 320 g/mol. The summed E-state index contributed by atoms with van der Waals surface area (Å²) in [6.07, 6.45) is 0.907. The van der Waals surface area contributed by atoms with E-state index in [0.717, 1.165) is 17.7 Å². The van der Waals surface area contributed by atoms with Crippen LogP contribution in [-0.4, -0.2) is 23.8 Å². The maximum atomic E-state index is 12.9. The first kappa shape index (κ1) is 15.4. The maximum Gasteiger partial charge on any atom is 0.243 e. The van der Waals surface area contributed by atoms with Crippen molar-refractivity contribution < 1.29 is 8.42 Å². The lowest BCUT2D eigenvalue weighted by Gasteiger charge is -2.28. The molecule has 4 rings (SSSR count). The van der Waals surface area contributed by atoms with Crippen LogP contribution in [0.15, 0.2) is 59.5 Å². The zero-order chi connectivity index (χ0) is 16.7. The molecule has 1 aliphatic rings. The van der Waals surface area contributed by atoms with Crippen LogP contribution in [0.3, 0.4) is 0 Å². The third kappa shape index (κ3) is 2.44. The van der Waals surface area contributed by atoms with Crippen molar-refractivity contribution in [3.63, 3.8) is 0 Å². The van der Waals surface area contributed by atoms with Gasteiger partial charge in [-0.3, -0.25) is 0 Å². The molecule has 0 radical (unpaired) electrons. The maximum absolute atomic E-state index is 12.9. The van der Waals surface area contributed by atoms with E-state index in [0.29, 0.717) is 24.5 Å². The van der Waals surface area contributed by atoms with Gasteiger partial charge in [-0.2, -0.15) is 4.31 Å². The number of benzene rings is 2. The number of aryl methyl sites for hydroxylation is 1. The minimum Gasteiger partial charge on any atom is -0.342 e. The molecule has 0 N–H and O–H groups in total. The number of rotatable bonds is 3. The lowest BCUT2D eigenvalue weighted by atomic mass is 10.2. The third-order valence-electron chi connectivity index (χ3n) is 4.78. The van der Waals surface area contributed by atoms with Gasteiger partial charge in [-0.1, -0.05) is 37.3 Å². The number of hydrogen-bond acceptors (Lipinski definition) is 2. The van der Waals surface area contributed by atoms with Gasteiger partial charge in [0.15, 0.2) is 0 Å². The number of hydrogen-bond donors (Lipinski definition) is 0. The van der Waals surface area contributed by atoms with Gasteiger partial charge in [-0.25, -0.2) is 8.42 Å². The van der Waals surface area contributed by atoms with Crippen LogP contribution in [0.1, 0.15) is 18.2 Å².